The van der Waals surface area contributed by atoms with Crippen molar-refractivity contribution < 1.29 is 23.9 Å². The molecule has 122 valence electrons. The fraction of sp³-hybridized carbons (Fsp3) is 0.133. The van der Waals surface area contributed by atoms with E-state index < -0.39 is 5.97 Å². The first-order chi connectivity index (χ1) is 11.6. The largest absolute Gasteiger partial charge is 0.460 e. The summed E-state index contributed by atoms with van der Waals surface area (Å²) in [5.74, 6) is -0.944. The standard InChI is InChI=1S/C15H12N4O5/c20-14(11-3-1-2-6-16-11)17-7-8-23-15(21)10-4-5-13-12(9-10)18-24-19(13)22/h1-6,9H,7-8H2,(H,17,20). The Hall–Kier alpha value is -3.49. The van der Waals surface area contributed by atoms with Crippen molar-refractivity contribution in [2.24, 2.45) is 0 Å². The molecule has 1 N–H and O–H groups in total. The number of amides is 1. The van der Waals surface area contributed by atoms with Gasteiger partial charge in [0.2, 0.25) is 11.0 Å². The molecule has 2 heterocycles. The van der Waals surface area contributed by atoms with Gasteiger partial charge in [0.25, 0.3) is 5.91 Å². The molecular weight excluding hydrogens is 316 g/mol. The van der Waals surface area contributed by atoms with Crippen LogP contribution in [0, 0.1) is 5.21 Å². The number of nitrogens with one attached hydrogen (secondary N) is 1. The zero-order chi connectivity index (χ0) is 16.9. The molecule has 1 amide bonds. The minimum atomic E-state index is -0.593. The number of hydrogen-bond donors (Lipinski definition) is 1. The molecule has 1 aromatic carbocycles. The van der Waals surface area contributed by atoms with E-state index in [1.807, 2.05) is 0 Å². The van der Waals surface area contributed by atoms with Crippen LogP contribution in [0.3, 0.4) is 0 Å². The minimum Gasteiger partial charge on any atom is -0.460 e. The lowest BCUT2D eigenvalue weighted by Gasteiger charge is -2.06. The van der Waals surface area contributed by atoms with Gasteiger partial charge in [-0.05, 0) is 29.2 Å². The first kappa shape index (κ1) is 15.4. The molecule has 0 radical (unpaired) electrons. The Balaban J connectivity index is 1.51. The highest BCUT2D eigenvalue weighted by atomic mass is 16.8. The number of aromatic nitrogens is 3. The maximum atomic E-state index is 11.9. The Morgan fingerprint density at radius 2 is 2.17 bits per heavy atom. The predicted octanol–water partition coefficient (Wildman–Crippen LogP) is 0.443. The van der Waals surface area contributed by atoms with Gasteiger partial charge >= 0.3 is 5.97 Å². The molecule has 2 aromatic heterocycles. The second kappa shape index (κ2) is 6.73. The van der Waals surface area contributed by atoms with Gasteiger partial charge in [-0.2, -0.15) is 0 Å². The Kier molecular flexibility index (Phi) is 4.32. The quantitative estimate of drug-likeness (QED) is 0.410. The molecule has 0 saturated heterocycles. The number of rotatable bonds is 5. The lowest BCUT2D eigenvalue weighted by molar-refractivity contribution is -0.782. The molecule has 3 aromatic rings. The lowest BCUT2D eigenvalue weighted by Crippen LogP contribution is -2.28. The molecule has 0 saturated carbocycles. The molecule has 0 bridgehead atoms. The molecule has 0 aliphatic rings. The van der Waals surface area contributed by atoms with Gasteiger partial charge in [-0.25, -0.2) is 4.79 Å². The maximum Gasteiger partial charge on any atom is 0.338 e. The highest BCUT2D eigenvalue weighted by molar-refractivity contribution is 5.93. The summed E-state index contributed by atoms with van der Waals surface area (Å²) >= 11 is 0. The molecule has 0 spiro atoms. The summed E-state index contributed by atoms with van der Waals surface area (Å²) in [7, 11) is 0. The summed E-state index contributed by atoms with van der Waals surface area (Å²) in [6.07, 6.45) is 1.51. The van der Waals surface area contributed by atoms with Crippen LogP contribution in [0.4, 0.5) is 0 Å². The van der Waals surface area contributed by atoms with Gasteiger partial charge in [0.15, 0.2) is 0 Å². The van der Waals surface area contributed by atoms with Gasteiger partial charge < -0.3 is 15.3 Å². The highest BCUT2D eigenvalue weighted by Gasteiger charge is 2.14. The molecule has 9 nitrogen and oxygen atoms in total. The Morgan fingerprint density at radius 1 is 1.29 bits per heavy atom. The van der Waals surface area contributed by atoms with Gasteiger partial charge in [-0.15, -0.1) is 0 Å². The Labute approximate surface area is 135 Å². The summed E-state index contributed by atoms with van der Waals surface area (Å²) in [6, 6.07) is 9.23. The average molecular weight is 328 g/mol. The SMILES string of the molecule is O=C(OCCNC(=O)c1ccccn1)c1ccc2c(c1)no[n+]2[O-]. The summed E-state index contributed by atoms with van der Waals surface area (Å²) in [4.78, 5) is 27.8. The molecule has 9 heteroatoms. The summed E-state index contributed by atoms with van der Waals surface area (Å²) in [5, 5.41) is 17.3. The molecule has 0 atom stereocenters. The molecule has 3 rings (SSSR count). The Bertz CT molecular complexity index is 878. The third kappa shape index (κ3) is 3.29. The average Bonchev–Trinajstić information content (AvgIpc) is 2.99. The van der Waals surface area contributed by atoms with Crippen LogP contribution in [0.5, 0.6) is 0 Å². The van der Waals surface area contributed by atoms with Gasteiger partial charge in [0.1, 0.15) is 12.3 Å². The molecular formula is C15H12N4O5. The number of ether oxygens (including phenoxy) is 1. The van der Waals surface area contributed by atoms with E-state index in [-0.39, 0.29) is 46.3 Å². The van der Waals surface area contributed by atoms with E-state index in [1.165, 1.54) is 24.4 Å². The number of benzene rings is 1. The summed E-state index contributed by atoms with van der Waals surface area (Å²) in [6.45, 7) is 0.143. The van der Waals surface area contributed by atoms with E-state index in [2.05, 4.69) is 20.1 Å². The number of pyridine rings is 1. The van der Waals surface area contributed by atoms with Crippen molar-refractivity contribution >= 4 is 22.9 Å². The number of carbonyl (C=O) groups excluding carboxylic acids is 2. The maximum absolute atomic E-state index is 11.9. The molecule has 0 aliphatic carbocycles. The third-order valence-corrected chi connectivity index (χ3v) is 3.14. The van der Waals surface area contributed by atoms with Crippen LogP contribution in [0.2, 0.25) is 0 Å². The Morgan fingerprint density at radius 3 is 2.96 bits per heavy atom. The van der Waals surface area contributed by atoms with E-state index in [1.54, 1.807) is 18.2 Å². The smallest absolute Gasteiger partial charge is 0.338 e. The van der Waals surface area contributed by atoms with Crippen LogP contribution in [0.15, 0.2) is 47.2 Å². The molecule has 0 fully saturated rings. The molecule has 0 aliphatic heterocycles. The second-order valence-corrected chi connectivity index (χ2v) is 4.74. The van der Waals surface area contributed by atoms with Crippen LogP contribution < -0.4 is 10.2 Å². The van der Waals surface area contributed by atoms with E-state index in [0.29, 0.717) is 0 Å². The number of carbonyl (C=O) groups is 2. The van der Waals surface area contributed by atoms with E-state index >= 15 is 0 Å². The highest BCUT2D eigenvalue weighted by Crippen LogP contribution is 2.11. The van der Waals surface area contributed by atoms with Crippen molar-refractivity contribution in [1.29, 1.82) is 0 Å². The zero-order valence-electron chi connectivity index (χ0n) is 12.3. The van der Waals surface area contributed by atoms with Crippen molar-refractivity contribution in [1.82, 2.24) is 15.5 Å². The summed E-state index contributed by atoms with van der Waals surface area (Å²) in [5.41, 5.74) is 0.982. The van der Waals surface area contributed by atoms with E-state index in [0.717, 1.165) is 0 Å². The number of esters is 1. The van der Waals surface area contributed by atoms with Crippen molar-refractivity contribution in [3.05, 3.63) is 59.1 Å². The molecule has 24 heavy (non-hydrogen) atoms. The second-order valence-electron chi connectivity index (χ2n) is 4.74. The molecule has 0 unspecified atom stereocenters. The number of hydrogen-bond acceptors (Lipinski definition) is 7. The topological polar surface area (TPSA) is 121 Å². The fourth-order valence-electron chi connectivity index (χ4n) is 1.98. The van der Waals surface area contributed by atoms with Crippen LogP contribution in [0.25, 0.3) is 11.0 Å². The fourth-order valence-corrected chi connectivity index (χ4v) is 1.98. The van der Waals surface area contributed by atoms with Crippen molar-refractivity contribution in [2.75, 3.05) is 13.2 Å². The number of nitrogens with zero attached hydrogens (tertiary/aromatic N) is 3. The monoisotopic (exact) mass is 328 g/mol. The van der Waals surface area contributed by atoms with Crippen LogP contribution in [-0.2, 0) is 4.74 Å². The zero-order valence-corrected chi connectivity index (χ0v) is 12.3. The van der Waals surface area contributed by atoms with Crippen LogP contribution in [-0.4, -0.2) is 35.2 Å². The first-order valence-corrected chi connectivity index (χ1v) is 7.01. The normalized spacial score (nSPS) is 10.5. The van der Waals surface area contributed by atoms with Gasteiger partial charge in [0.05, 0.1) is 12.1 Å². The van der Waals surface area contributed by atoms with Crippen LogP contribution in [0.1, 0.15) is 20.8 Å². The summed E-state index contributed by atoms with van der Waals surface area (Å²) < 4.78 is 9.47. The van der Waals surface area contributed by atoms with Crippen molar-refractivity contribution in [2.45, 2.75) is 0 Å². The van der Waals surface area contributed by atoms with E-state index in [4.69, 9.17) is 4.74 Å². The van der Waals surface area contributed by atoms with Crippen LogP contribution >= 0.6 is 0 Å². The van der Waals surface area contributed by atoms with Gasteiger partial charge in [-0.3, -0.25) is 14.4 Å². The van der Waals surface area contributed by atoms with Gasteiger partial charge in [-0.1, -0.05) is 6.07 Å². The van der Waals surface area contributed by atoms with Crippen molar-refractivity contribution in [3.8, 4) is 0 Å². The minimum absolute atomic E-state index is 0.00415. The van der Waals surface area contributed by atoms with E-state index in [9.17, 15) is 14.8 Å². The number of fused-ring (bicyclic) bond motifs is 1. The lowest BCUT2D eigenvalue weighted by atomic mass is 10.2. The van der Waals surface area contributed by atoms with Gasteiger partial charge in [0, 0.05) is 17.4 Å². The first-order valence-electron chi connectivity index (χ1n) is 7.01. The van der Waals surface area contributed by atoms with Crippen molar-refractivity contribution in [3.63, 3.8) is 0 Å². The predicted molar refractivity (Wildman–Crippen MR) is 79.8 cm³/mol. The third-order valence-electron chi connectivity index (χ3n) is 3.14.